The van der Waals surface area contributed by atoms with E-state index in [9.17, 15) is 19.1 Å². The molecule has 0 unspecified atom stereocenters. The smallest absolute Gasteiger partial charge is 0.230 e. The number of ether oxygens (including phenoxy) is 1. The van der Waals surface area contributed by atoms with E-state index in [0.717, 1.165) is 0 Å². The summed E-state index contributed by atoms with van der Waals surface area (Å²) in [6.07, 6.45) is 0.330. The van der Waals surface area contributed by atoms with Crippen LogP contribution >= 0.6 is 15.9 Å². The molecule has 5 nitrogen and oxygen atoms in total. The quantitative estimate of drug-likeness (QED) is 0.878. The van der Waals surface area contributed by atoms with Gasteiger partial charge in [-0.15, -0.1) is 0 Å². The molecule has 1 amide bonds. The van der Waals surface area contributed by atoms with Gasteiger partial charge in [0.05, 0.1) is 23.8 Å². The normalized spacial score (nSPS) is 30.4. The van der Waals surface area contributed by atoms with Crippen molar-refractivity contribution in [3.63, 3.8) is 0 Å². The Hall–Kier alpha value is -1.47. The zero-order chi connectivity index (χ0) is 15.1. The molecule has 7 heteroatoms. The van der Waals surface area contributed by atoms with E-state index >= 15 is 0 Å². The Bertz CT molecular complexity index is 609. The number of amides is 1. The first-order valence-electron chi connectivity index (χ1n) is 6.59. The summed E-state index contributed by atoms with van der Waals surface area (Å²) in [5.74, 6) is -4.23. The molecule has 3 rings (SSSR count). The fraction of sp³-hybridized carbons (Fsp3) is 0.429. The molecule has 0 aromatic heterocycles. The van der Waals surface area contributed by atoms with Gasteiger partial charge in [0.25, 0.3) is 0 Å². The minimum atomic E-state index is -1.29. The number of aliphatic carboxylic acids is 1. The number of carboxylic acid groups (broad SMARTS) is 1. The van der Waals surface area contributed by atoms with Crippen LogP contribution in [0, 0.1) is 17.7 Å². The number of fused-ring (bicyclic) bond motifs is 2. The molecule has 4 atom stereocenters. The third kappa shape index (κ3) is 2.55. The number of nitrogens with one attached hydrogen (secondary N) is 1. The number of carbonyl (C=O) groups excluding carboxylic acids is 2. The van der Waals surface area contributed by atoms with E-state index in [1.54, 1.807) is 6.07 Å². The molecule has 2 aliphatic rings. The molecule has 0 radical (unpaired) electrons. The van der Waals surface area contributed by atoms with Crippen LogP contribution in [0.1, 0.15) is 12.8 Å². The Labute approximate surface area is 128 Å². The first-order chi connectivity index (χ1) is 9.97. The van der Waals surface area contributed by atoms with Crippen LogP contribution in [0.3, 0.4) is 0 Å². The first-order valence-corrected chi connectivity index (χ1v) is 7.39. The van der Waals surface area contributed by atoms with Gasteiger partial charge in [0.1, 0.15) is 5.82 Å². The minimum Gasteiger partial charge on any atom is -0.550 e. The molecule has 1 N–H and O–H groups in total. The topological polar surface area (TPSA) is 78.5 Å². The van der Waals surface area contributed by atoms with E-state index in [0.29, 0.717) is 17.3 Å². The number of anilines is 1. The van der Waals surface area contributed by atoms with Gasteiger partial charge in [-0.3, -0.25) is 4.79 Å². The van der Waals surface area contributed by atoms with Crippen LogP contribution in [-0.2, 0) is 14.3 Å². The highest BCUT2D eigenvalue weighted by Crippen LogP contribution is 2.43. The van der Waals surface area contributed by atoms with Crippen LogP contribution in [-0.4, -0.2) is 24.1 Å². The van der Waals surface area contributed by atoms with Crippen molar-refractivity contribution in [2.75, 3.05) is 5.32 Å². The summed E-state index contributed by atoms with van der Waals surface area (Å²) in [6, 6.07) is 4.23. The summed E-state index contributed by atoms with van der Waals surface area (Å²) in [5.41, 5.74) is 0.0167. The fourth-order valence-corrected chi connectivity index (χ4v) is 3.45. The molecule has 0 saturated carbocycles. The maximum Gasteiger partial charge on any atom is 0.230 e. The number of hydrogen-bond acceptors (Lipinski definition) is 4. The van der Waals surface area contributed by atoms with Crippen molar-refractivity contribution >= 4 is 33.5 Å². The Morgan fingerprint density at radius 1 is 1.29 bits per heavy atom. The predicted octanol–water partition coefficient (Wildman–Crippen LogP) is 1.07. The van der Waals surface area contributed by atoms with E-state index < -0.39 is 41.7 Å². The van der Waals surface area contributed by atoms with Crippen LogP contribution in [0.5, 0.6) is 0 Å². The highest BCUT2D eigenvalue weighted by atomic mass is 79.9. The standard InChI is InChI=1S/C14H13BrFNO4/c15-6-1-2-8(7(16)5-6)17-13(18)11-9-3-4-10(21-9)12(11)14(19)20/h1-2,5,9-12H,3-4H2,(H,17,18)(H,19,20)/p-1/t9-,10+,11+,12-/m1/s1. The number of carboxylic acids is 1. The lowest BCUT2D eigenvalue weighted by molar-refractivity contribution is -0.313. The zero-order valence-electron chi connectivity index (χ0n) is 10.8. The Morgan fingerprint density at radius 3 is 2.57 bits per heavy atom. The molecule has 2 heterocycles. The van der Waals surface area contributed by atoms with Gasteiger partial charge in [-0.25, -0.2) is 4.39 Å². The van der Waals surface area contributed by atoms with E-state index in [4.69, 9.17) is 4.74 Å². The van der Waals surface area contributed by atoms with Gasteiger partial charge in [0, 0.05) is 16.4 Å². The van der Waals surface area contributed by atoms with Crippen LogP contribution < -0.4 is 10.4 Å². The largest absolute Gasteiger partial charge is 0.550 e. The van der Waals surface area contributed by atoms with Gasteiger partial charge in [0.2, 0.25) is 5.91 Å². The Balaban J connectivity index is 1.80. The number of rotatable bonds is 3. The molecule has 21 heavy (non-hydrogen) atoms. The van der Waals surface area contributed by atoms with Crippen LogP contribution in [0.4, 0.5) is 10.1 Å². The lowest BCUT2D eigenvalue weighted by atomic mass is 9.78. The molecular formula is C14H12BrFNO4-. The minimum absolute atomic E-state index is 0.0167. The van der Waals surface area contributed by atoms with Crippen molar-refractivity contribution in [2.24, 2.45) is 11.8 Å². The van der Waals surface area contributed by atoms with Crippen LogP contribution in [0.25, 0.3) is 0 Å². The molecule has 1 aromatic rings. The summed E-state index contributed by atoms with van der Waals surface area (Å²) in [7, 11) is 0. The number of carbonyl (C=O) groups is 2. The molecule has 1 aromatic carbocycles. The van der Waals surface area contributed by atoms with Gasteiger partial charge in [-0.2, -0.15) is 0 Å². The molecule has 2 aliphatic heterocycles. The fourth-order valence-electron chi connectivity index (χ4n) is 3.12. The lowest BCUT2D eigenvalue weighted by Gasteiger charge is -2.27. The van der Waals surface area contributed by atoms with E-state index in [1.807, 2.05) is 0 Å². The molecule has 2 bridgehead atoms. The number of benzene rings is 1. The van der Waals surface area contributed by atoms with Gasteiger partial charge in [-0.05, 0) is 31.0 Å². The second kappa shape index (κ2) is 5.38. The van der Waals surface area contributed by atoms with Crippen molar-refractivity contribution in [3.8, 4) is 0 Å². The highest BCUT2D eigenvalue weighted by Gasteiger charge is 2.52. The van der Waals surface area contributed by atoms with E-state index in [2.05, 4.69) is 21.2 Å². The summed E-state index contributed by atoms with van der Waals surface area (Å²) >= 11 is 3.13. The number of hydrogen-bond donors (Lipinski definition) is 1. The third-order valence-corrected chi connectivity index (χ3v) is 4.53. The molecule has 112 valence electrons. The maximum absolute atomic E-state index is 13.7. The van der Waals surface area contributed by atoms with Crippen molar-refractivity contribution in [2.45, 2.75) is 25.0 Å². The maximum atomic E-state index is 13.7. The molecular weight excluding hydrogens is 345 g/mol. The van der Waals surface area contributed by atoms with Crippen molar-refractivity contribution in [1.82, 2.24) is 0 Å². The van der Waals surface area contributed by atoms with Crippen LogP contribution in [0.2, 0.25) is 0 Å². The van der Waals surface area contributed by atoms with Crippen molar-refractivity contribution in [3.05, 3.63) is 28.5 Å². The van der Waals surface area contributed by atoms with E-state index in [-0.39, 0.29) is 5.69 Å². The van der Waals surface area contributed by atoms with Gasteiger partial charge >= 0.3 is 0 Å². The molecule has 0 spiro atoms. The summed E-state index contributed by atoms with van der Waals surface area (Å²) in [4.78, 5) is 23.5. The monoisotopic (exact) mass is 356 g/mol. The van der Waals surface area contributed by atoms with E-state index in [1.165, 1.54) is 12.1 Å². The van der Waals surface area contributed by atoms with Crippen molar-refractivity contribution in [1.29, 1.82) is 0 Å². The predicted molar refractivity (Wildman–Crippen MR) is 72.6 cm³/mol. The molecule has 2 fully saturated rings. The summed E-state index contributed by atoms with van der Waals surface area (Å²) in [6.45, 7) is 0. The second-order valence-electron chi connectivity index (χ2n) is 5.27. The lowest BCUT2D eigenvalue weighted by Crippen LogP contribution is -2.46. The summed E-state index contributed by atoms with van der Waals surface area (Å²) in [5, 5.41) is 13.7. The number of halogens is 2. The first kappa shape index (κ1) is 14.5. The van der Waals surface area contributed by atoms with Gasteiger partial charge < -0.3 is 20.0 Å². The second-order valence-corrected chi connectivity index (χ2v) is 6.19. The average Bonchev–Trinajstić information content (AvgIpc) is 3.02. The SMILES string of the molecule is O=C(Nc1ccc(Br)cc1F)[C@@H]1[C@H](C(=O)[O-])[C@@H]2CC[C@H]1O2. The third-order valence-electron chi connectivity index (χ3n) is 4.04. The average molecular weight is 357 g/mol. The zero-order valence-corrected chi connectivity index (χ0v) is 12.4. The molecule has 0 aliphatic carbocycles. The Kier molecular flexibility index (Phi) is 3.71. The van der Waals surface area contributed by atoms with Crippen LogP contribution in [0.15, 0.2) is 22.7 Å². The molecule has 2 saturated heterocycles. The van der Waals surface area contributed by atoms with Gasteiger partial charge in [0.15, 0.2) is 0 Å². The van der Waals surface area contributed by atoms with Crippen molar-refractivity contribution < 1.29 is 23.8 Å². The summed E-state index contributed by atoms with van der Waals surface area (Å²) < 4.78 is 19.8. The highest BCUT2D eigenvalue weighted by molar-refractivity contribution is 9.10. The van der Waals surface area contributed by atoms with Gasteiger partial charge in [-0.1, -0.05) is 15.9 Å². The Morgan fingerprint density at radius 2 is 1.95 bits per heavy atom.